The molecule has 1 aromatic heterocycles. The highest BCUT2D eigenvalue weighted by Gasteiger charge is 2.29. The number of thioether (sulfide) groups is 1. The van der Waals surface area contributed by atoms with Crippen LogP contribution in [0.5, 0.6) is 0 Å². The number of hydrogen-bond acceptors (Lipinski definition) is 5. The molecule has 1 unspecified atom stereocenters. The van der Waals surface area contributed by atoms with Gasteiger partial charge in [0.2, 0.25) is 5.82 Å². The van der Waals surface area contributed by atoms with Crippen LogP contribution in [0.3, 0.4) is 0 Å². The van der Waals surface area contributed by atoms with E-state index in [1.165, 1.54) is 0 Å². The molecule has 0 aromatic carbocycles. The van der Waals surface area contributed by atoms with E-state index in [2.05, 4.69) is 17.3 Å². The van der Waals surface area contributed by atoms with Crippen LogP contribution in [0.25, 0.3) is 0 Å². The van der Waals surface area contributed by atoms with Crippen molar-refractivity contribution in [1.82, 2.24) is 9.78 Å². The van der Waals surface area contributed by atoms with E-state index in [0.717, 1.165) is 12.2 Å². The highest BCUT2D eigenvalue weighted by atomic mass is 32.2. The smallest absolute Gasteiger partial charge is 0.334 e. The first-order chi connectivity index (χ1) is 8.92. The summed E-state index contributed by atoms with van der Waals surface area (Å²) < 4.78 is 1.58. The molecule has 0 bridgehead atoms. The van der Waals surface area contributed by atoms with Crippen molar-refractivity contribution in [3.05, 3.63) is 15.8 Å². The van der Waals surface area contributed by atoms with Crippen LogP contribution in [0.1, 0.15) is 38.8 Å². The average Bonchev–Trinajstić information content (AvgIpc) is 2.66. The molecular formula is C12H22N4O2S. The number of aromatic nitrogens is 2. The van der Waals surface area contributed by atoms with Crippen LogP contribution in [0.2, 0.25) is 0 Å². The highest BCUT2D eigenvalue weighted by molar-refractivity contribution is 7.98. The third kappa shape index (κ3) is 3.62. The van der Waals surface area contributed by atoms with Gasteiger partial charge < -0.3 is 5.32 Å². The van der Waals surface area contributed by atoms with E-state index in [9.17, 15) is 10.1 Å². The molecule has 0 aliphatic carbocycles. The van der Waals surface area contributed by atoms with Gasteiger partial charge in [-0.3, -0.25) is 10.1 Å². The molecule has 0 saturated heterocycles. The summed E-state index contributed by atoms with van der Waals surface area (Å²) in [7, 11) is 1.74. The first-order valence-electron chi connectivity index (χ1n) is 6.39. The topological polar surface area (TPSA) is 73.0 Å². The maximum atomic E-state index is 11.3. The summed E-state index contributed by atoms with van der Waals surface area (Å²) in [6.07, 6.45) is 2.95. The zero-order valence-electron chi connectivity index (χ0n) is 12.1. The van der Waals surface area contributed by atoms with Gasteiger partial charge in [0, 0.05) is 24.8 Å². The average molecular weight is 286 g/mol. The van der Waals surface area contributed by atoms with E-state index >= 15 is 0 Å². The van der Waals surface area contributed by atoms with E-state index in [0.29, 0.717) is 11.5 Å². The van der Waals surface area contributed by atoms with Gasteiger partial charge in [0.15, 0.2) is 0 Å². The fourth-order valence-electron chi connectivity index (χ4n) is 1.92. The molecule has 1 rings (SSSR count). The minimum absolute atomic E-state index is 0.0303. The summed E-state index contributed by atoms with van der Waals surface area (Å²) >= 11 is 1.72. The molecule has 1 heterocycles. The Labute approximate surface area is 118 Å². The Balaban J connectivity index is 3.15. The lowest BCUT2D eigenvalue weighted by molar-refractivity contribution is -0.384. The number of rotatable bonds is 7. The van der Waals surface area contributed by atoms with E-state index in [1.54, 1.807) is 23.5 Å². The Morgan fingerprint density at radius 3 is 2.58 bits per heavy atom. The number of anilines is 1. The fourth-order valence-corrected chi connectivity index (χ4v) is 2.64. The van der Waals surface area contributed by atoms with Gasteiger partial charge in [0.1, 0.15) is 5.69 Å². The number of aryl methyl sites for hydroxylation is 1. The predicted octanol–water partition coefficient (Wildman–Crippen LogP) is 3.01. The quantitative estimate of drug-likeness (QED) is 0.616. The lowest BCUT2D eigenvalue weighted by Gasteiger charge is -2.16. The van der Waals surface area contributed by atoms with Crippen LogP contribution in [0.4, 0.5) is 11.5 Å². The molecule has 1 aromatic rings. The molecule has 0 fully saturated rings. The van der Waals surface area contributed by atoms with E-state index < -0.39 is 0 Å². The Kier molecular flexibility index (Phi) is 5.65. The van der Waals surface area contributed by atoms with Crippen molar-refractivity contribution < 1.29 is 4.92 Å². The summed E-state index contributed by atoms with van der Waals surface area (Å²) in [6.45, 7) is 5.90. The van der Waals surface area contributed by atoms with Crippen molar-refractivity contribution in [2.24, 2.45) is 7.05 Å². The maximum absolute atomic E-state index is 11.3. The van der Waals surface area contributed by atoms with Crippen LogP contribution >= 0.6 is 11.8 Å². The molecule has 0 aliphatic heterocycles. The summed E-state index contributed by atoms with van der Waals surface area (Å²) in [5, 5.41) is 18.8. The van der Waals surface area contributed by atoms with Crippen LogP contribution < -0.4 is 5.32 Å². The van der Waals surface area contributed by atoms with Crippen molar-refractivity contribution in [3.8, 4) is 0 Å². The number of nitrogens with one attached hydrogen (secondary N) is 1. The van der Waals surface area contributed by atoms with Crippen molar-refractivity contribution in [1.29, 1.82) is 0 Å². The molecular weight excluding hydrogens is 264 g/mol. The summed E-state index contributed by atoms with van der Waals surface area (Å²) in [5.74, 6) is 1.45. The Morgan fingerprint density at radius 1 is 1.53 bits per heavy atom. The lowest BCUT2D eigenvalue weighted by Crippen LogP contribution is -2.23. The van der Waals surface area contributed by atoms with Gasteiger partial charge >= 0.3 is 5.69 Å². The number of nitrogens with zero attached hydrogens (tertiary/aromatic N) is 3. The minimum Gasteiger partial charge on any atom is -0.361 e. The highest BCUT2D eigenvalue weighted by Crippen LogP contribution is 2.33. The molecule has 1 atom stereocenters. The van der Waals surface area contributed by atoms with E-state index in [-0.39, 0.29) is 22.6 Å². The molecule has 0 radical (unpaired) electrons. The van der Waals surface area contributed by atoms with Gasteiger partial charge in [-0.25, -0.2) is 4.68 Å². The third-order valence-electron chi connectivity index (χ3n) is 2.98. The monoisotopic (exact) mass is 286 g/mol. The molecule has 0 aliphatic rings. The largest absolute Gasteiger partial charge is 0.361 e. The molecule has 6 nitrogen and oxygen atoms in total. The zero-order valence-corrected chi connectivity index (χ0v) is 13.0. The van der Waals surface area contributed by atoms with E-state index in [1.807, 2.05) is 20.1 Å². The van der Waals surface area contributed by atoms with Crippen LogP contribution in [0.15, 0.2) is 0 Å². The lowest BCUT2D eigenvalue weighted by atomic mass is 10.1. The van der Waals surface area contributed by atoms with E-state index in [4.69, 9.17) is 0 Å². The third-order valence-corrected chi connectivity index (χ3v) is 3.71. The van der Waals surface area contributed by atoms with Crippen LogP contribution in [-0.4, -0.2) is 32.8 Å². The van der Waals surface area contributed by atoms with Gasteiger partial charge in [-0.15, -0.1) is 0 Å². The predicted molar refractivity (Wildman–Crippen MR) is 80.0 cm³/mol. The molecule has 0 amide bonds. The molecule has 7 heteroatoms. The molecule has 0 spiro atoms. The maximum Gasteiger partial charge on any atom is 0.334 e. The standard InChI is InChI=1S/C12H22N4O2S/c1-6-9(7-19-5)13-12-11(16(17)18)10(8(2)3)14-15(12)4/h8-9,13H,6-7H2,1-5H3. The second-order valence-electron chi connectivity index (χ2n) is 4.82. The zero-order chi connectivity index (χ0) is 14.6. The minimum atomic E-state index is -0.337. The first-order valence-corrected chi connectivity index (χ1v) is 7.78. The molecule has 0 saturated carbocycles. The first kappa shape index (κ1) is 15.8. The van der Waals surface area contributed by atoms with Gasteiger partial charge in [-0.05, 0) is 12.7 Å². The second-order valence-corrected chi connectivity index (χ2v) is 5.73. The summed E-state index contributed by atoms with van der Waals surface area (Å²) in [4.78, 5) is 11.0. The number of nitro groups is 1. The van der Waals surface area contributed by atoms with Gasteiger partial charge in [-0.1, -0.05) is 20.8 Å². The SMILES string of the molecule is CCC(CSC)Nc1c([N+](=O)[O-])c(C(C)C)nn1C. The normalized spacial score (nSPS) is 12.7. The van der Waals surface area contributed by atoms with Crippen LogP contribution in [-0.2, 0) is 7.05 Å². The van der Waals surface area contributed by atoms with Crippen molar-refractivity contribution >= 4 is 23.3 Å². The van der Waals surface area contributed by atoms with Crippen molar-refractivity contribution in [2.75, 3.05) is 17.3 Å². The fraction of sp³-hybridized carbons (Fsp3) is 0.750. The summed E-state index contributed by atoms with van der Waals surface area (Å²) in [6, 6.07) is 0.212. The summed E-state index contributed by atoms with van der Waals surface area (Å²) in [5.41, 5.74) is 0.644. The Bertz CT molecular complexity index is 445. The second kappa shape index (κ2) is 6.79. The van der Waals surface area contributed by atoms with Gasteiger partial charge in [0.05, 0.1) is 4.92 Å². The van der Waals surface area contributed by atoms with Crippen LogP contribution in [0, 0.1) is 10.1 Å². The Hall–Kier alpha value is -1.24. The Morgan fingerprint density at radius 2 is 2.16 bits per heavy atom. The molecule has 1 N–H and O–H groups in total. The van der Waals surface area contributed by atoms with Gasteiger partial charge in [-0.2, -0.15) is 16.9 Å². The molecule has 19 heavy (non-hydrogen) atoms. The number of hydrogen-bond donors (Lipinski definition) is 1. The van der Waals surface area contributed by atoms with Crippen molar-refractivity contribution in [3.63, 3.8) is 0 Å². The van der Waals surface area contributed by atoms with Crippen molar-refractivity contribution in [2.45, 2.75) is 39.2 Å². The molecule has 108 valence electrons. The van der Waals surface area contributed by atoms with Gasteiger partial charge in [0.25, 0.3) is 0 Å².